The van der Waals surface area contributed by atoms with Gasteiger partial charge < -0.3 is 14.8 Å². The van der Waals surface area contributed by atoms with Crippen molar-refractivity contribution in [1.82, 2.24) is 9.78 Å². The smallest absolute Gasteiger partial charge is 0.132 e. The molecule has 1 N–H and O–H groups in total. The molecule has 5 nitrogen and oxygen atoms in total. The maximum absolute atomic E-state index is 5.50. The Kier molecular flexibility index (Phi) is 3.26. The average Bonchev–Trinajstić information content (AvgIpc) is 3.08. The fourth-order valence-corrected chi connectivity index (χ4v) is 2.75. The molecule has 0 radical (unpaired) electrons. The first-order chi connectivity index (χ1) is 9.80. The number of benzene rings is 1. The van der Waals surface area contributed by atoms with Crippen molar-refractivity contribution >= 4 is 5.82 Å². The van der Waals surface area contributed by atoms with E-state index in [0.717, 1.165) is 48.1 Å². The molecule has 1 aliphatic rings. The standard InChI is InChI=1S/C15H19N3O2/c1-4-18-15-10(8-9-16-15)14(17-18)13-11(19-2)6-5-7-12(13)20-3/h5-7,16H,4,8-9H2,1-3H3. The van der Waals surface area contributed by atoms with Crippen LogP contribution in [0, 0.1) is 0 Å². The van der Waals surface area contributed by atoms with Crippen LogP contribution in [0.2, 0.25) is 0 Å². The van der Waals surface area contributed by atoms with Crippen LogP contribution in [0.4, 0.5) is 5.82 Å². The number of hydrogen-bond donors (Lipinski definition) is 1. The third-order valence-electron chi connectivity index (χ3n) is 3.68. The Morgan fingerprint density at radius 1 is 1.25 bits per heavy atom. The van der Waals surface area contributed by atoms with Crippen LogP contribution in [0.5, 0.6) is 11.5 Å². The lowest BCUT2D eigenvalue weighted by Crippen LogP contribution is -2.04. The fraction of sp³-hybridized carbons (Fsp3) is 0.400. The summed E-state index contributed by atoms with van der Waals surface area (Å²) in [6.07, 6.45) is 0.978. The summed E-state index contributed by atoms with van der Waals surface area (Å²) in [6.45, 7) is 3.89. The second kappa shape index (κ2) is 5.07. The first-order valence-corrected chi connectivity index (χ1v) is 6.85. The van der Waals surface area contributed by atoms with E-state index >= 15 is 0 Å². The summed E-state index contributed by atoms with van der Waals surface area (Å²) in [5.74, 6) is 2.70. The third-order valence-corrected chi connectivity index (χ3v) is 3.68. The molecule has 3 rings (SSSR count). The molecule has 0 aliphatic carbocycles. The zero-order valence-corrected chi connectivity index (χ0v) is 12.1. The molecule has 1 aromatic carbocycles. The van der Waals surface area contributed by atoms with Gasteiger partial charge >= 0.3 is 0 Å². The molecule has 0 unspecified atom stereocenters. The highest BCUT2D eigenvalue weighted by Crippen LogP contribution is 2.42. The van der Waals surface area contributed by atoms with Crippen molar-refractivity contribution < 1.29 is 9.47 Å². The van der Waals surface area contributed by atoms with Crippen molar-refractivity contribution in [2.45, 2.75) is 19.9 Å². The molecule has 0 atom stereocenters. The van der Waals surface area contributed by atoms with Gasteiger partial charge in [0.1, 0.15) is 23.0 Å². The Labute approximate surface area is 118 Å². The van der Waals surface area contributed by atoms with Gasteiger partial charge in [0.15, 0.2) is 0 Å². The molecule has 0 bridgehead atoms. The van der Waals surface area contributed by atoms with Crippen molar-refractivity contribution in [3.8, 4) is 22.8 Å². The molecule has 0 fully saturated rings. The van der Waals surface area contributed by atoms with E-state index in [2.05, 4.69) is 12.2 Å². The highest BCUT2D eigenvalue weighted by Gasteiger charge is 2.26. The van der Waals surface area contributed by atoms with Gasteiger partial charge in [-0.05, 0) is 25.5 Å². The van der Waals surface area contributed by atoms with E-state index in [1.807, 2.05) is 22.9 Å². The second-order valence-corrected chi connectivity index (χ2v) is 4.71. The Bertz CT molecular complexity index is 612. The molecule has 0 amide bonds. The van der Waals surface area contributed by atoms with E-state index in [1.165, 1.54) is 5.56 Å². The van der Waals surface area contributed by atoms with Gasteiger partial charge in [-0.3, -0.25) is 0 Å². The lowest BCUT2D eigenvalue weighted by Gasteiger charge is -2.12. The van der Waals surface area contributed by atoms with Gasteiger partial charge in [-0.25, -0.2) is 4.68 Å². The molecule has 20 heavy (non-hydrogen) atoms. The van der Waals surface area contributed by atoms with Gasteiger partial charge in [-0.15, -0.1) is 0 Å². The van der Waals surface area contributed by atoms with E-state index in [1.54, 1.807) is 14.2 Å². The molecule has 2 heterocycles. The van der Waals surface area contributed by atoms with Gasteiger partial charge in [-0.2, -0.15) is 5.10 Å². The summed E-state index contributed by atoms with van der Waals surface area (Å²) in [5, 5.41) is 8.14. The minimum atomic E-state index is 0.791. The van der Waals surface area contributed by atoms with Gasteiger partial charge in [0, 0.05) is 18.7 Å². The van der Waals surface area contributed by atoms with E-state index < -0.39 is 0 Å². The summed E-state index contributed by atoms with van der Waals surface area (Å²) < 4.78 is 13.0. The van der Waals surface area contributed by atoms with Crippen molar-refractivity contribution in [2.24, 2.45) is 0 Å². The summed E-state index contributed by atoms with van der Waals surface area (Å²) in [6, 6.07) is 5.81. The predicted octanol–water partition coefficient (Wildman–Crippen LogP) is 2.56. The molecule has 1 aliphatic heterocycles. The number of aromatic nitrogens is 2. The molecular weight excluding hydrogens is 254 g/mol. The average molecular weight is 273 g/mol. The number of rotatable bonds is 4. The lowest BCUT2D eigenvalue weighted by atomic mass is 10.0. The van der Waals surface area contributed by atoms with Crippen LogP contribution in [0.3, 0.4) is 0 Å². The van der Waals surface area contributed by atoms with E-state index in [9.17, 15) is 0 Å². The van der Waals surface area contributed by atoms with Gasteiger partial charge in [0.25, 0.3) is 0 Å². The Morgan fingerprint density at radius 3 is 2.55 bits per heavy atom. The van der Waals surface area contributed by atoms with Gasteiger partial charge in [0.2, 0.25) is 0 Å². The van der Waals surface area contributed by atoms with Crippen LogP contribution in [-0.4, -0.2) is 30.5 Å². The number of ether oxygens (including phenoxy) is 2. The molecular formula is C15H19N3O2. The summed E-state index contributed by atoms with van der Waals surface area (Å²) in [4.78, 5) is 0. The van der Waals surface area contributed by atoms with E-state index in [-0.39, 0.29) is 0 Å². The topological polar surface area (TPSA) is 48.3 Å². The first kappa shape index (κ1) is 12.8. The molecule has 1 aromatic heterocycles. The number of nitrogens with zero attached hydrogens (tertiary/aromatic N) is 2. The minimum Gasteiger partial charge on any atom is -0.496 e. The Hall–Kier alpha value is -2.17. The number of aryl methyl sites for hydroxylation is 1. The molecule has 0 spiro atoms. The largest absolute Gasteiger partial charge is 0.496 e. The quantitative estimate of drug-likeness (QED) is 0.930. The van der Waals surface area contributed by atoms with Crippen LogP contribution < -0.4 is 14.8 Å². The Balaban J connectivity index is 2.24. The maximum Gasteiger partial charge on any atom is 0.132 e. The summed E-state index contributed by atoms with van der Waals surface area (Å²) >= 11 is 0. The van der Waals surface area contributed by atoms with Crippen LogP contribution >= 0.6 is 0 Å². The Morgan fingerprint density at radius 2 is 1.95 bits per heavy atom. The second-order valence-electron chi connectivity index (χ2n) is 4.71. The monoisotopic (exact) mass is 273 g/mol. The van der Waals surface area contributed by atoms with E-state index in [0.29, 0.717) is 0 Å². The molecule has 106 valence electrons. The van der Waals surface area contributed by atoms with E-state index in [4.69, 9.17) is 14.6 Å². The van der Waals surface area contributed by atoms with Crippen LogP contribution in [0.25, 0.3) is 11.3 Å². The number of fused-ring (bicyclic) bond motifs is 1. The van der Waals surface area contributed by atoms with Crippen LogP contribution in [-0.2, 0) is 13.0 Å². The van der Waals surface area contributed by atoms with Gasteiger partial charge in [-0.1, -0.05) is 6.07 Å². The van der Waals surface area contributed by atoms with Crippen molar-refractivity contribution in [1.29, 1.82) is 0 Å². The lowest BCUT2D eigenvalue weighted by molar-refractivity contribution is 0.397. The molecule has 0 saturated heterocycles. The first-order valence-electron chi connectivity index (χ1n) is 6.85. The summed E-state index contributed by atoms with van der Waals surface area (Å²) in [7, 11) is 3.35. The van der Waals surface area contributed by atoms with Crippen molar-refractivity contribution in [3.05, 3.63) is 23.8 Å². The van der Waals surface area contributed by atoms with Crippen LogP contribution in [0.15, 0.2) is 18.2 Å². The van der Waals surface area contributed by atoms with Crippen LogP contribution in [0.1, 0.15) is 12.5 Å². The third kappa shape index (κ3) is 1.81. The molecule has 2 aromatic rings. The number of hydrogen-bond acceptors (Lipinski definition) is 4. The zero-order chi connectivity index (χ0) is 14.1. The van der Waals surface area contributed by atoms with Crippen molar-refractivity contribution in [3.63, 3.8) is 0 Å². The molecule has 0 saturated carbocycles. The highest BCUT2D eigenvalue weighted by molar-refractivity contribution is 5.80. The normalized spacial score (nSPS) is 12.9. The molecule has 5 heteroatoms. The fourth-order valence-electron chi connectivity index (χ4n) is 2.75. The zero-order valence-electron chi connectivity index (χ0n) is 12.1. The van der Waals surface area contributed by atoms with Gasteiger partial charge in [0.05, 0.1) is 19.8 Å². The maximum atomic E-state index is 5.50. The SMILES string of the molecule is CCn1nc(-c2c(OC)cccc2OC)c2c1NCC2. The number of nitrogens with one attached hydrogen (secondary N) is 1. The highest BCUT2D eigenvalue weighted by atomic mass is 16.5. The number of anilines is 1. The minimum absolute atomic E-state index is 0.791. The van der Waals surface area contributed by atoms with Crippen molar-refractivity contribution in [2.75, 3.05) is 26.1 Å². The number of methoxy groups -OCH3 is 2. The summed E-state index contributed by atoms with van der Waals surface area (Å²) in [5.41, 5.74) is 3.14. The predicted molar refractivity (Wildman–Crippen MR) is 78.6 cm³/mol.